The maximum absolute atomic E-state index is 13.1. The quantitative estimate of drug-likeness (QED) is 0.471. The van der Waals surface area contributed by atoms with Crippen molar-refractivity contribution in [3.63, 3.8) is 0 Å². The molecule has 0 radical (unpaired) electrons. The minimum atomic E-state index is -4.50. The molecular weight excluding hydrogens is 391 g/mol. The number of esters is 1. The van der Waals surface area contributed by atoms with Crippen LogP contribution in [0.1, 0.15) is 33.4 Å². The lowest BCUT2D eigenvalue weighted by Gasteiger charge is -2.09. The number of hydrogen-bond donors (Lipinski definition) is 0. The summed E-state index contributed by atoms with van der Waals surface area (Å²) >= 11 is 1.27. The van der Waals surface area contributed by atoms with Crippen LogP contribution in [-0.4, -0.2) is 27.3 Å². The molecule has 9 heteroatoms. The third-order valence-corrected chi connectivity index (χ3v) is 4.55. The van der Waals surface area contributed by atoms with Gasteiger partial charge in [0.15, 0.2) is 0 Å². The molecule has 2 aromatic heterocycles. The average Bonchev–Trinajstić information content (AvgIpc) is 3.31. The molecule has 0 spiro atoms. The van der Waals surface area contributed by atoms with Gasteiger partial charge in [0, 0.05) is 22.7 Å². The van der Waals surface area contributed by atoms with Crippen molar-refractivity contribution in [1.29, 1.82) is 0 Å². The van der Waals surface area contributed by atoms with E-state index in [1.807, 2.05) is 0 Å². The summed E-state index contributed by atoms with van der Waals surface area (Å²) in [7, 11) is 0. The van der Waals surface area contributed by atoms with E-state index in [4.69, 9.17) is 11.2 Å². The fourth-order valence-corrected chi connectivity index (χ4v) is 3.24. The Morgan fingerprint density at radius 2 is 2.14 bits per heavy atom. The molecule has 2 heterocycles. The van der Waals surface area contributed by atoms with E-state index in [0.29, 0.717) is 16.3 Å². The predicted molar refractivity (Wildman–Crippen MR) is 97.8 cm³/mol. The fraction of sp³-hybridized carbons (Fsp3) is 0.211. The molecule has 3 aromatic rings. The van der Waals surface area contributed by atoms with E-state index in [-0.39, 0.29) is 24.3 Å². The van der Waals surface area contributed by atoms with E-state index >= 15 is 0 Å². The molecule has 3 rings (SSSR count). The van der Waals surface area contributed by atoms with Crippen molar-refractivity contribution in [2.24, 2.45) is 0 Å². The lowest BCUT2D eigenvalue weighted by molar-refractivity contribution is -0.137. The second kappa shape index (κ2) is 7.86. The lowest BCUT2D eigenvalue weighted by atomic mass is 10.0. The van der Waals surface area contributed by atoms with E-state index in [2.05, 4.69) is 16.0 Å². The van der Waals surface area contributed by atoms with Crippen LogP contribution in [0.15, 0.2) is 36.0 Å². The highest BCUT2D eigenvalue weighted by molar-refractivity contribution is 7.09. The van der Waals surface area contributed by atoms with Crippen LogP contribution >= 0.6 is 11.3 Å². The minimum absolute atomic E-state index is 0.130. The Balaban J connectivity index is 1.83. The number of halogens is 3. The van der Waals surface area contributed by atoms with E-state index in [1.54, 1.807) is 12.3 Å². The Labute approximate surface area is 162 Å². The molecule has 144 valence electrons. The molecule has 0 N–H and O–H groups in total. The number of rotatable bonds is 5. The van der Waals surface area contributed by atoms with Crippen molar-refractivity contribution in [2.75, 3.05) is 6.61 Å². The minimum Gasteiger partial charge on any atom is -0.462 e. The number of benzene rings is 1. The van der Waals surface area contributed by atoms with E-state index in [1.165, 1.54) is 34.5 Å². The second-order valence-electron chi connectivity index (χ2n) is 5.71. The summed E-state index contributed by atoms with van der Waals surface area (Å²) in [5, 5.41) is 6.35. The van der Waals surface area contributed by atoms with Gasteiger partial charge in [-0.1, -0.05) is 5.92 Å². The number of hydrogen-bond acceptors (Lipinski definition) is 5. The first-order valence-corrected chi connectivity index (χ1v) is 9.01. The molecule has 0 aliphatic heterocycles. The molecule has 0 saturated carbocycles. The summed E-state index contributed by atoms with van der Waals surface area (Å²) < 4.78 is 45.6. The Morgan fingerprint density at radius 1 is 1.36 bits per heavy atom. The monoisotopic (exact) mass is 405 g/mol. The first-order valence-electron chi connectivity index (χ1n) is 8.13. The molecule has 0 saturated heterocycles. The molecular formula is C19H14F3N3O2S. The third kappa shape index (κ3) is 4.40. The van der Waals surface area contributed by atoms with Gasteiger partial charge in [-0.2, -0.15) is 18.3 Å². The Hall–Kier alpha value is -3.12. The highest BCUT2D eigenvalue weighted by Gasteiger charge is 2.31. The van der Waals surface area contributed by atoms with Gasteiger partial charge in [-0.05, 0) is 25.1 Å². The maximum atomic E-state index is 13.1. The van der Waals surface area contributed by atoms with Gasteiger partial charge < -0.3 is 4.74 Å². The van der Waals surface area contributed by atoms with E-state index in [9.17, 15) is 18.0 Å². The molecule has 0 atom stereocenters. The van der Waals surface area contributed by atoms with Gasteiger partial charge in [-0.3, -0.25) is 4.68 Å². The number of terminal acetylenes is 1. The molecule has 0 bridgehead atoms. The van der Waals surface area contributed by atoms with Crippen LogP contribution in [0.3, 0.4) is 0 Å². The van der Waals surface area contributed by atoms with E-state index in [0.717, 1.165) is 12.1 Å². The zero-order valence-electron chi connectivity index (χ0n) is 14.7. The Kier molecular flexibility index (Phi) is 5.51. The van der Waals surface area contributed by atoms with Gasteiger partial charge in [-0.25, -0.2) is 9.78 Å². The van der Waals surface area contributed by atoms with Crippen molar-refractivity contribution in [2.45, 2.75) is 19.6 Å². The van der Waals surface area contributed by atoms with Gasteiger partial charge in [-0.15, -0.1) is 17.8 Å². The Morgan fingerprint density at radius 3 is 2.82 bits per heavy atom. The molecule has 0 amide bonds. The topological polar surface area (TPSA) is 57.0 Å². The van der Waals surface area contributed by atoms with Crippen LogP contribution in [0.5, 0.6) is 0 Å². The summed E-state index contributed by atoms with van der Waals surface area (Å²) in [6.45, 7) is 2.24. The molecule has 0 aliphatic carbocycles. The smallest absolute Gasteiger partial charge is 0.416 e. The third-order valence-electron chi connectivity index (χ3n) is 3.72. The first kappa shape index (κ1) is 19.6. The number of ether oxygens (including phenoxy) is 1. The number of nitrogens with zero attached hydrogens (tertiary/aromatic N) is 3. The average molecular weight is 405 g/mol. The van der Waals surface area contributed by atoms with Gasteiger partial charge in [0.25, 0.3) is 0 Å². The van der Waals surface area contributed by atoms with Gasteiger partial charge in [0.1, 0.15) is 5.01 Å². The lowest BCUT2D eigenvalue weighted by Crippen LogP contribution is -2.05. The summed E-state index contributed by atoms with van der Waals surface area (Å²) in [4.78, 5) is 16.0. The molecule has 0 aliphatic rings. The molecule has 0 fully saturated rings. The number of thiazole rings is 1. The van der Waals surface area contributed by atoms with Crippen LogP contribution in [-0.2, 0) is 17.5 Å². The molecule has 28 heavy (non-hydrogen) atoms. The van der Waals surface area contributed by atoms with Crippen molar-refractivity contribution in [3.8, 4) is 23.6 Å². The summed E-state index contributed by atoms with van der Waals surface area (Å²) in [5.41, 5.74) is 0.303. The SMILES string of the molecule is C#Cc1cc(-c2csc(Cn3cc(C(=O)OCC)cn3)n2)cc(C(F)(F)F)c1. The standard InChI is InChI=1S/C19H14F3N3O2S/c1-3-12-5-13(7-15(6-12)19(20,21)22)16-11-28-17(24-16)10-25-9-14(8-23-25)18(26)27-4-2/h1,5-9,11H,4,10H2,2H3. The van der Waals surface area contributed by atoms with Crippen molar-refractivity contribution < 1.29 is 22.7 Å². The molecule has 5 nitrogen and oxygen atoms in total. The van der Waals surface area contributed by atoms with Gasteiger partial charge in [0.2, 0.25) is 0 Å². The largest absolute Gasteiger partial charge is 0.462 e. The van der Waals surface area contributed by atoms with Crippen molar-refractivity contribution >= 4 is 17.3 Å². The van der Waals surface area contributed by atoms with Crippen molar-refractivity contribution in [3.05, 3.63) is 57.7 Å². The van der Waals surface area contributed by atoms with Gasteiger partial charge >= 0.3 is 12.1 Å². The van der Waals surface area contributed by atoms with Crippen molar-refractivity contribution in [1.82, 2.24) is 14.8 Å². The summed E-state index contributed by atoms with van der Waals surface area (Å²) in [6, 6.07) is 3.44. The second-order valence-corrected chi connectivity index (χ2v) is 6.66. The summed E-state index contributed by atoms with van der Waals surface area (Å²) in [6.07, 6.45) is 3.69. The molecule has 0 unspecified atom stereocenters. The number of alkyl halides is 3. The number of carbonyl (C=O) groups is 1. The van der Waals surface area contributed by atoms with Crippen LogP contribution in [0.4, 0.5) is 13.2 Å². The number of aromatic nitrogens is 3. The fourth-order valence-electron chi connectivity index (χ4n) is 2.45. The normalized spacial score (nSPS) is 11.2. The zero-order chi connectivity index (χ0) is 20.3. The molecule has 1 aromatic carbocycles. The first-order chi connectivity index (χ1) is 13.3. The Bertz CT molecular complexity index is 1050. The highest BCUT2D eigenvalue weighted by Crippen LogP contribution is 2.33. The van der Waals surface area contributed by atoms with E-state index < -0.39 is 17.7 Å². The maximum Gasteiger partial charge on any atom is 0.416 e. The zero-order valence-corrected chi connectivity index (χ0v) is 15.5. The summed E-state index contributed by atoms with van der Waals surface area (Å²) in [5.74, 6) is 1.76. The van der Waals surface area contributed by atoms with Crippen LogP contribution < -0.4 is 0 Å². The van der Waals surface area contributed by atoms with Gasteiger partial charge in [0.05, 0.1) is 36.2 Å². The van der Waals surface area contributed by atoms with Crippen LogP contribution in [0.25, 0.3) is 11.3 Å². The highest BCUT2D eigenvalue weighted by atomic mass is 32.1. The van der Waals surface area contributed by atoms with Crippen LogP contribution in [0, 0.1) is 12.3 Å². The predicted octanol–water partition coefficient (Wildman–Crippen LogP) is 4.23. The number of carbonyl (C=O) groups excluding carboxylic acids is 1. The van der Waals surface area contributed by atoms with Crippen LogP contribution in [0.2, 0.25) is 0 Å².